The highest BCUT2D eigenvalue weighted by atomic mass is 16.5. The van der Waals surface area contributed by atoms with E-state index in [1.807, 2.05) is 48.1 Å². The number of nitrogens with one attached hydrogen (secondary N) is 1. The zero-order chi connectivity index (χ0) is 17.8. The third-order valence-corrected chi connectivity index (χ3v) is 4.49. The first kappa shape index (κ1) is 17.5. The second-order valence-corrected chi connectivity index (χ2v) is 6.66. The predicted octanol–water partition coefficient (Wildman–Crippen LogP) is 2.46. The van der Waals surface area contributed by atoms with Gasteiger partial charge in [0.1, 0.15) is 0 Å². The van der Waals surface area contributed by atoms with Gasteiger partial charge < -0.3 is 9.64 Å². The Kier molecular flexibility index (Phi) is 5.37. The molecule has 1 N–H and O–H groups in total. The van der Waals surface area contributed by atoms with Gasteiger partial charge in [0.15, 0.2) is 5.82 Å². The summed E-state index contributed by atoms with van der Waals surface area (Å²) in [5, 5.41) is 11.7. The van der Waals surface area contributed by atoms with E-state index in [0.29, 0.717) is 19.0 Å². The minimum absolute atomic E-state index is 0.113. The smallest absolute Gasteiger partial charge is 0.323 e. The molecule has 2 aromatic heterocycles. The lowest BCUT2D eigenvalue weighted by atomic mass is 10.1. The predicted molar refractivity (Wildman–Crippen MR) is 94.6 cm³/mol. The molecule has 136 valence electrons. The molecule has 2 aromatic rings. The van der Waals surface area contributed by atoms with E-state index < -0.39 is 0 Å². The molecule has 1 fully saturated rings. The number of anilines is 1. The largest absolute Gasteiger partial charge is 0.382 e. The van der Waals surface area contributed by atoms with Gasteiger partial charge in [-0.3, -0.25) is 14.7 Å². The van der Waals surface area contributed by atoms with E-state index in [1.165, 1.54) is 0 Å². The number of carbonyl (C=O) groups is 1. The molecule has 0 radical (unpaired) electrons. The Labute approximate surface area is 147 Å². The fourth-order valence-electron chi connectivity index (χ4n) is 3.14. The Morgan fingerprint density at radius 3 is 3.08 bits per heavy atom. The molecular formula is C17H26N6O2. The van der Waals surface area contributed by atoms with E-state index in [9.17, 15) is 4.79 Å². The van der Waals surface area contributed by atoms with Crippen LogP contribution in [0.4, 0.5) is 10.6 Å². The highest BCUT2D eigenvalue weighted by Crippen LogP contribution is 2.22. The second-order valence-electron chi connectivity index (χ2n) is 6.66. The average molecular weight is 346 g/mol. The molecular weight excluding hydrogens is 320 g/mol. The highest BCUT2D eigenvalue weighted by molar-refractivity contribution is 5.88. The van der Waals surface area contributed by atoms with Gasteiger partial charge in [0, 0.05) is 38.7 Å². The summed E-state index contributed by atoms with van der Waals surface area (Å²) >= 11 is 0. The van der Waals surface area contributed by atoms with Crippen LogP contribution in [0.2, 0.25) is 0 Å². The van der Waals surface area contributed by atoms with Gasteiger partial charge in [-0.25, -0.2) is 4.79 Å². The van der Waals surface area contributed by atoms with Crippen LogP contribution in [-0.4, -0.2) is 57.3 Å². The molecule has 0 spiro atoms. The molecule has 2 unspecified atom stereocenters. The number of hydrogen-bond acceptors (Lipinski definition) is 4. The van der Waals surface area contributed by atoms with Crippen molar-refractivity contribution in [3.63, 3.8) is 0 Å². The van der Waals surface area contributed by atoms with Crippen LogP contribution in [0.5, 0.6) is 0 Å². The van der Waals surface area contributed by atoms with E-state index in [2.05, 4.69) is 15.5 Å². The van der Waals surface area contributed by atoms with Crippen LogP contribution < -0.4 is 5.32 Å². The van der Waals surface area contributed by atoms with E-state index >= 15 is 0 Å². The fraction of sp³-hybridized carbons (Fsp3) is 0.588. The van der Waals surface area contributed by atoms with Gasteiger partial charge in [-0.05, 0) is 32.3 Å². The van der Waals surface area contributed by atoms with Crippen LogP contribution in [0.15, 0.2) is 24.7 Å². The van der Waals surface area contributed by atoms with Gasteiger partial charge in [-0.2, -0.15) is 10.2 Å². The number of likely N-dealkylation sites (tertiary alicyclic amines) is 1. The van der Waals surface area contributed by atoms with Crippen molar-refractivity contribution in [2.75, 3.05) is 32.1 Å². The summed E-state index contributed by atoms with van der Waals surface area (Å²) in [6, 6.07) is 2.05. The Hall–Kier alpha value is -2.35. The number of aromatic nitrogens is 4. The molecule has 25 heavy (non-hydrogen) atoms. The molecule has 2 amide bonds. The minimum Gasteiger partial charge on any atom is -0.382 e. The number of ether oxygens (including phenoxy) is 1. The summed E-state index contributed by atoms with van der Waals surface area (Å²) in [5.41, 5.74) is 1.14. The third-order valence-electron chi connectivity index (χ3n) is 4.49. The molecule has 1 saturated heterocycles. The summed E-state index contributed by atoms with van der Waals surface area (Å²) in [5.74, 6) is 0.560. The van der Waals surface area contributed by atoms with Gasteiger partial charge in [0.25, 0.3) is 0 Å². The number of piperidine rings is 1. The molecule has 0 aromatic carbocycles. The average Bonchev–Trinajstić information content (AvgIpc) is 3.24. The second kappa shape index (κ2) is 7.69. The van der Waals surface area contributed by atoms with Gasteiger partial charge >= 0.3 is 6.03 Å². The van der Waals surface area contributed by atoms with Crippen molar-refractivity contribution in [3.8, 4) is 0 Å². The number of amides is 2. The van der Waals surface area contributed by atoms with Crippen molar-refractivity contribution in [2.45, 2.75) is 38.8 Å². The van der Waals surface area contributed by atoms with E-state index in [0.717, 1.165) is 24.9 Å². The zero-order valence-corrected chi connectivity index (χ0v) is 15.1. The standard InChI is InChI=1S/C17H26N6O2/c1-13-9-18-23(10-13)15-5-4-7-21(11-15)17(24)19-16-6-8-22(20-16)14(2)12-25-3/h6,8-10,14-15H,4-5,7,11-12H2,1-3H3,(H,19,20,24). The molecule has 3 heterocycles. The number of urea groups is 1. The molecule has 0 bridgehead atoms. The van der Waals surface area contributed by atoms with Crippen LogP contribution >= 0.6 is 0 Å². The number of methoxy groups -OCH3 is 1. The Morgan fingerprint density at radius 2 is 2.36 bits per heavy atom. The Balaban J connectivity index is 1.59. The van der Waals surface area contributed by atoms with Crippen molar-refractivity contribution in [3.05, 3.63) is 30.2 Å². The van der Waals surface area contributed by atoms with Gasteiger partial charge in [0.05, 0.1) is 24.9 Å². The molecule has 0 aliphatic carbocycles. The van der Waals surface area contributed by atoms with Crippen molar-refractivity contribution in [1.82, 2.24) is 24.5 Å². The number of aryl methyl sites for hydroxylation is 1. The SMILES string of the molecule is COCC(C)n1ccc(NC(=O)N2CCCC(n3cc(C)cn3)C2)n1. The number of rotatable bonds is 5. The normalized spacial score (nSPS) is 19.0. The highest BCUT2D eigenvalue weighted by Gasteiger charge is 2.25. The maximum absolute atomic E-state index is 12.6. The quantitative estimate of drug-likeness (QED) is 0.902. The van der Waals surface area contributed by atoms with Crippen molar-refractivity contribution in [1.29, 1.82) is 0 Å². The van der Waals surface area contributed by atoms with Crippen LogP contribution in [0, 0.1) is 6.92 Å². The van der Waals surface area contributed by atoms with E-state index in [-0.39, 0.29) is 18.1 Å². The number of hydrogen-bond donors (Lipinski definition) is 1. The molecule has 0 saturated carbocycles. The van der Waals surface area contributed by atoms with Gasteiger partial charge in [0.2, 0.25) is 0 Å². The fourth-order valence-corrected chi connectivity index (χ4v) is 3.14. The zero-order valence-electron chi connectivity index (χ0n) is 15.1. The summed E-state index contributed by atoms with van der Waals surface area (Å²) in [6.07, 6.45) is 7.74. The van der Waals surface area contributed by atoms with E-state index in [1.54, 1.807) is 11.8 Å². The lowest BCUT2D eigenvalue weighted by molar-refractivity contribution is 0.157. The molecule has 1 aliphatic heterocycles. The lowest BCUT2D eigenvalue weighted by Gasteiger charge is -2.32. The topological polar surface area (TPSA) is 77.2 Å². The summed E-state index contributed by atoms with van der Waals surface area (Å²) < 4.78 is 8.90. The van der Waals surface area contributed by atoms with Gasteiger partial charge in [-0.1, -0.05) is 0 Å². The monoisotopic (exact) mass is 346 g/mol. The maximum atomic E-state index is 12.6. The van der Waals surface area contributed by atoms with Gasteiger partial charge in [-0.15, -0.1) is 0 Å². The Morgan fingerprint density at radius 1 is 1.52 bits per heavy atom. The lowest BCUT2D eigenvalue weighted by Crippen LogP contribution is -2.43. The number of carbonyl (C=O) groups excluding carboxylic acids is 1. The van der Waals surface area contributed by atoms with Crippen molar-refractivity contribution < 1.29 is 9.53 Å². The van der Waals surface area contributed by atoms with E-state index in [4.69, 9.17) is 4.74 Å². The third kappa shape index (κ3) is 4.19. The summed E-state index contributed by atoms with van der Waals surface area (Å²) in [4.78, 5) is 14.4. The van der Waals surface area contributed by atoms with Crippen molar-refractivity contribution in [2.24, 2.45) is 0 Å². The van der Waals surface area contributed by atoms with Crippen LogP contribution in [-0.2, 0) is 4.74 Å². The first-order valence-electron chi connectivity index (χ1n) is 8.67. The molecule has 8 heteroatoms. The van der Waals surface area contributed by atoms with Crippen LogP contribution in [0.25, 0.3) is 0 Å². The summed E-state index contributed by atoms with van der Waals surface area (Å²) in [7, 11) is 1.66. The maximum Gasteiger partial charge on any atom is 0.323 e. The van der Waals surface area contributed by atoms with Crippen molar-refractivity contribution >= 4 is 11.8 Å². The molecule has 8 nitrogen and oxygen atoms in total. The summed E-state index contributed by atoms with van der Waals surface area (Å²) in [6.45, 7) is 6.03. The minimum atomic E-state index is -0.113. The molecule has 2 atom stereocenters. The molecule has 1 aliphatic rings. The first-order chi connectivity index (χ1) is 12.1. The first-order valence-corrected chi connectivity index (χ1v) is 8.67. The van der Waals surface area contributed by atoms with Crippen LogP contribution in [0.1, 0.15) is 37.4 Å². The van der Waals surface area contributed by atoms with Crippen LogP contribution in [0.3, 0.4) is 0 Å². The molecule has 3 rings (SSSR count). The Bertz CT molecular complexity index is 710. The number of nitrogens with zero attached hydrogens (tertiary/aromatic N) is 5.